The molecule has 0 fully saturated rings. The Hall–Kier alpha value is -5.67. The molecule has 0 saturated carbocycles. The molecule has 7 rings (SSSR count). The maximum Gasteiger partial charge on any atom is 0.0702 e. The SMILES string of the molecule is Cc1ccc(-c2ccc(CCc3cc(CCc4ccc(-c5ccc(C)cn5)cc4)cc(CCc4ccc(-c5ccc(C)cn5)cc4)c3)cc2)nc1. The fraction of sp³-hybridized carbons (Fsp3) is 0.188. The normalized spacial score (nSPS) is 11.1. The van der Waals surface area contributed by atoms with E-state index >= 15 is 0 Å². The van der Waals surface area contributed by atoms with Gasteiger partial charge in [-0.1, -0.05) is 109 Å². The molecule has 0 amide bonds. The van der Waals surface area contributed by atoms with E-state index in [1.54, 1.807) is 0 Å². The molecule has 3 heteroatoms. The smallest absolute Gasteiger partial charge is 0.0702 e. The number of rotatable bonds is 12. The zero-order valence-corrected chi connectivity index (χ0v) is 29.9. The van der Waals surface area contributed by atoms with Gasteiger partial charge in [-0.15, -0.1) is 0 Å². The van der Waals surface area contributed by atoms with Gasteiger partial charge in [-0.2, -0.15) is 0 Å². The van der Waals surface area contributed by atoms with E-state index in [9.17, 15) is 0 Å². The van der Waals surface area contributed by atoms with Crippen LogP contribution in [0, 0.1) is 20.8 Å². The largest absolute Gasteiger partial charge is 0.256 e. The van der Waals surface area contributed by atoms with E-state index in [0.717, 1.165) is 72.3 Å². The summed E-state index contributed by atoms with van der Waals surface area (Å²) in [5.41, 5.74) is 18.4. The van der Waals surface area contributed by atoms with Gasteiger partial charge < -0.3 is 0 Å². The maximum absolute atomic E-state index is 4.61. The summed E-state index contributed by atoms with van der Waals surface area (Å²) in [6.07, 6.45) is 11.9. The third kappa shape index (κ3) is 9.12. The highest BCUT2D eigenvalue weighted by Gasteiger charge is 2.08. The molecule has 0 atom stereocenters. The van der Waals surface area contributed by atoms with Crippen LogP contribution < -0.4 is 0 Å². The zero-order chi connectivity index (χ0) is 35.0. The second kappa shape index (κ2) is 15.9. The highest BCUT2D eigenvalue weighted by molar-refractivity contribution is 5.61. The zero-order valence-electron chi connectivity index (χ0n) is 29.9. The first-order chi connectivity index (χ1) is 24.9. The van der Waals surface area contributed by atoms with Crippen molar-refractivity contribution in [3.8, 4) is 33.8 Å². The van der Waals surface area contributed by atoms with Crippen LogP contribution >= 0.6 is 0 Å². The van der Waals surface area contributed by atoms with Crippen molar-refractivity contribution < 1.29 is 0 Å². The van der Waals surface area contributed by atoms with Crippen LogP contribution in [0.5, 0.6) is 0 Å². The summed E-state index contributed by atoms with van der Waals surface area (Å²) in [5.74, 6) is 0. The van der Waals surface area contributed by atoms with Crippen molar-refractivity contribution in [2.45, 2.75) is 59.3 Å². The number of aromatic nitrogens is 3. The van der Waals surface area contributed by atoms with Gasteiger partial charge in [0.25, 0.3) is 0 Å². The van der Waals surface area contributed by atoms with Gasteiger partial charge in [-0.25, -0.2) is 0 Å². The van der Waals surface area contributed by atoms with E-state index in [0.29, 0.717) is 0 Å². The van der Waals surface area contributed by atoms with E-state index in [1.807, 2.05) is 18.6 Å². The van der Waals surface area contributed by atoms with Crippen LogP contribution in [0.1, 0.15) is 50.1 Å². The Morgan fingerprint density at radius 1 is 0.294 bits per heavy atom. The van der Waals surface area contributed by atoms with Crippen molar-refractivity contribution in [2.75, 3.05) is 0 Å². The molecule has 3 aromatic heterocycles. The van der Waals surface area contributed by atoms with Crippen molar-refractivity contribution in [1.29, 1.82) is 0 Å². The van der Waals surface area contributed by atoms with Crippen LogP contribution in [0.15, 0.2) is 146 Å². The third-order valence-electron chi connectivity index (χ3n) is 9.70. The van der Waals surface area contributed by atoms with Crippen molar-refractivity contribution in [3.63, 3.8) is 0 Å². The van der Waals surface area contributed by atoms with Gasteiger partial charge in [0.05, 0.1) is 17.1 Å². The minimum Gasteiger partial charge on any atom is -0.256 e. The van der Waals surface area contributed by atoms with Crippen molar-refractivity contribution in [1.82, 2.24) is 15.0 Å². The predicted molar refractivity (Wildman–Crippen MR) is 212 cm³/mol. The van der Waals surface area contributed by atoms with E-state index in [-0.39, 0.29) is 0 Å². The van der Waals surface area contributed by atoms with Crippen LogP contribution in [0.4, 0.5) is 0 Å². The quantitative estimate of drug-likeness (QED) is 0.131. The standard InChI is InChI=1S/C48H45N3/c1-34-4-25-46(49-31-34)43-19-13-37(14-20-43)7-10-40-28-41(11-8-38-15-21-44(22-16-38)47-26-5-35(2)32-50-47)30-42(29-40)12-9-39-17-23-45(24-18-39)48-27-6-36(3)33-51-48/h4-6,13-33H,7-12H2,1-3H3. The summed E-state index contributed by atoms with van der Waals surface area (Å²) in [6.45, 7) is 6.22. The predicted octanol–water partition coefficient (Wildman–Crippen LogP) is 11.2. The molecule has 3 nitrogen and oxygen atoms in total. The molecule has 0 N–H and O–H groups in total. The number of benzene rings is 4. The second-order valence-electron chi connectivity index (χ2n) is 13.9. The molecule has 0 saturated heterocycles. The molecule has 0 unspecified atom stereocenters. The molecular weight excluding hydrogens is 619 g/mol. The molecule has 7 aromatic rings. The second-order valence-corrected chi connectivity index (χ2v) is 13.9. The van der Waals surface area contributed by atoms with E-state index < -0.39 is 0 Å². The monoisotopic (exact) mass is 663 g/mol. The maximum atomic E-state index is 4.61. The summed E-state index contributed by atoms with van der Waals surface area (Å²) < 4.78 is 0. The molecule has 252 valence electrons. The Bertz CT molecular complexity index is 1900. The fourth-order valence-corrected chi connectivity index (χ4v) is 6.58. The Labute approximate surface area is 303 Å². The molecule has 0 aliphatic rings. The van der Waals surface area contributed by atoms with Gasteiger partial charge in [0.1, 0.15) is 0 Å². The molecule has 3 heterocycles. The molecule has 51 heavy (non-hydrogen) atoms. The minimum atomic E-state index is 1.01. The van der Waals surface area contributed by atoms with E-state index in [4.69, 9.17) is 0 Å². The summed E-state index contributed by atoms with van der Waals surface area (Å²) in [7, 11) is 0. The van der Waals surface area contributed by atoms with E-state index in [2.05, 4.69) is 163 Å². The average Bonchev–Trinajstić information content (AvgIpc) is 3.17. The van der Waals surface area contributed by atoms with Crippen LogP contribution in [0.2, 0.25) is 0 Å². The summed E-state index contributed by atoms with van der Waals surface area (Å²) in [5, 5.41) is 0. The van der Waals surface area contributed by atoms with Crippen LogP contribution in [0.3, 0.4) is 0 Å². The van der Waals surface area contributed by atoms with Crippen molar-refractivity contribution in [3.05, 3.63) is 196 Å². The fourth-order valence-electron chi connectivity index (χ4n) is 6.58. The lowest BCUT2D eigenvalue weighted by molar-refractivity contribution is 0.903. The molecule has 0 aliphatic carbocycles. The number of pyridine rings is 3. The van der Waals surface area contributed by atoms with Gasteiger partial charge in [0.2, 0.25) is 0 Å². The topological polar surface area (TPSA) is 38.7 Å². The first-order valence-electron chi connectivity index (χ1n) is 18.1. The number of hydrogen-bond acceptors (Lipinski definition) is 3. The Balaban J connectivity index is 1.04. The Morgan fingerprint density at radius 3 is 0.784 bits per heavy atom. The Morgan fingerprint density at radius 2 is 0.549 bits per heavy atom. The highest BCUT2D eigenvalue weighted by Crippen LogP contribution is 2.23. The minimum absolute atomic E-state index is 1.01. The summed E-state index contributed by atoms with van der Waals surface area (Å²) >= 11 is 0. The van der Waals surface area contributed by atoms with Gasteiger partial charge in [-0.3, -0.25) is 15.0 Å². The first kappa shape index (κ1) is 33.8. The van der Waals surface area contributed by atoms with Gasteiger partial charge in [0.15, 0.2) is 0 Å². The number of nitrogens with zero attached hydrogens (tertiary/aromatic N) is 3. The molecular formula is C48H45N3. The molecule has 0 radical (unpaired) electrons. The first-order valence-corrected chi connectivity index (χ1v) is 18.1. The summed E-state index contributed by atoms with van der Waals surface area (Å²) in [4.78, 5) is 13.8. The molecule has 0 bridgehead atoms. The van der Waals surface area contributed by atoms with E-state index in [1.165, 1.54) is 50.1 Å². The third-order valence-corrected chi connectivity index (χ3v) is 9.70. The lowest BCUT2D eigenvalue weighted by atomic mass is 9.94. The Kier molecular flexibility index (Phi) is 10.5. The van der Waals surface area contributed by atoms with Gasteiger partial charge in [0, 0.05) is 35.3 Å². The number of hydrogen-bond donors (Lipinski definition) is 0. The molecule has 4 aromatic carbocycles. The van der Waals surface area contributed by atoms with Crippen molar-refractivity contribution in [2.24, 2.45) is 0 Å². The van der Waals surface area contributed by atoms with Crippen LogP contribution in [-0.4, -0.2) is 15.0 Å². The average molecular weight is 664 g/mol. The lowest BCUT2D eigenvalue weighted by Crippen LogP contribution is -2.00. The van der Waals surface area contributed by atoms with Crippen molar-refractivity contribution >= 4 is 0 Å². The summed E-state index contributed by atoms with van der Waals surface area (Å²) in [6, 6.07) is 46.7. The number of aryl methyl sites for hydroxylation is 9. The van der Waals surface area contributed by atoms with Gasteiger partial charge >= 0.3 is 0 Å². The highest BCUT2D eigenvalue weighted by atomic mass is 14.7. The van der Waals surface area contributed by atoms with Gasteiger partial charge in [-0.05, 0) is 128 Å². The molecule has 0 aliphatic heterocycles. The van der Waals surface area contributed by atoms with Crippen LogP contribution in [-0.2, 0) is 38.5 Å². The lowest BCUT2D eigenvalue weighted by Gasteiger charge is -2.12. The van der Waals surface area contributed by atoms with Crippen LogP contribution in [0.25, 0.3) is 33.8 Å². The molecule has 0 spiro atoms.